The Morgan fingerprint density at radius 2 is 1.93 bits per heavy atom. The Balaban J connectivity index is 2.46. The van der Waals surface area contributed by atoms with Gasteiger partial charge in [0.15, 0.2) is 12.4 Å². The molecular formula is C9H7N3O2. The van der Waals surface area contributed by atoms with Crippen molar-refractivity contribution < 1.29 is 9.71 Å². The van der Waals surface area contributed by atoms with Gasteiger partial charge in [-0.15, -0.1) is 0 Å². The van der Waals surface area contributed by atoms with Gasteiger partial charge in [0, 0.05) is 16.5 Å². The first-order chi connectivity index (χ1) is 6.75. The Hall–Kier alpha value is -2.17. The van der Waals surface area contributed by atoms with E-state index in [9.17, 15) is 10.1 Å². The SMILES string of the molecule is O=[N+]([O-])[N-][n+]1ccc2ccccc2c1. The topological polar surface area (TPSA) is 61.1 Å². The maximum atomic E-state index is 10.1. The number of benzene rings is 1. The maximum absolute atomic E-state index is 10.1. The molecule has 2 rings (SSSR count). The van der Waals surface area contributed by atoms with Gasteiger partial charge in [0.2, 0.25) is 0 Å². The van der Waals surface area contributed by atoms with Crippen LogP contribution in [0, 0.1) is 10.1 Å². The molecule has 2 aromatic rings. The zero-order valence-electron chi connectivity index (χ0n) is 7.20. The van der Waals surface area contributed by atoms with E-state index in [0.717, 1.165) is 10.8 Å². The maximum Gasteiger partial charge on any atom is 0.176 e. The van der Waals surface area contributed by atoms with Crippen molar-refractivity contribution in [1.82, 2.24) is 0 Å². The van der Waals surface area contributed by atoms with Crippen molar-refractivity contribution in [3.8, 4) is 0 Å². The number of hydrogen-bond donors (Lipinski definition) is 0. The summed E-state index contributed by atoms with van der Waals surface area (Å²) in [5, 5.41) is 11.3. The predicted octanol–water partition coefficient (Wildman–Crippen LogP) is 1.46. The summed E-state index contributed by atoms with van der Waals surface area (Å²) in [6, 6.07) is 9.38. The Morgan fingerprint density at radius 3 is 2.64 bits per heavy atom. The van der Waals surface area contributed by atoms with Crippen LogP contribution in [-0.2, 0) is 0 Å². The number of nitrogens with zero attached hydrogens (tertiary/aromatic N) is 3. The first kappa shape index (κ1) is 8.43. The molecule has 1 heterocycles. The van der Waals surface area contributed by atoms with Crippen LogP contribution in [0.1, 0.15) is 0 Å². The highest BCUT2D eigenvalue weighted by Gasteiger charge is 1.98. The predicted molar refractivity (Wildman–Crippen MR) is 49.9 cm³/mol. The number of hydrogen-bond acceptors (Lipinski definition) is 2. The fourth-order valence-corrected chi connectivity index (χ4v) is 1.26. The fraction of sp³-hybridized carbons (Fsp3) is 0. The summed E-state index contributed by atoms with van der Waals surface area (Å²) in [5.41, 5.74) is 3.15. The number of fused-ring (bicyclic) bond motifs is 1. The molecule has 0 aliphatic carbocycles. The Labute approximate surface area is 79.7 Å². The van der Waals surface area contributed by atoms with Crippen LogP contribution >= 0.6 is 0 Å². The zero-order valence-corrected chi connectivity index (χ0v) is 7.20. The third-order valence-corrected chi connectivity index (χ3v) is 1.85. The Morgan fingerprint density at radius 1 is 1.21 bits per heavy atom. The van der Waals surface area contributed by atoms with Gasteiger partial charge in [-0.25, -0.2) is 0 Å². The van der Waals surface area contributed by atoms with E-state index in [4.69, 9.17) is 0 Å². The molecule has 70 valence electrons. The van der Waals surface area contributed by atoms with E-state index in [2.05, 4.69) is 5.53 Å². The molecule has 14 heavy (non-hydrogen) atoms. The van der Waals surface area contributed by atoms with Gasteiger partial charge in [-0.05, 0) is 11.5 Å². The van der Waals surface area contributed by atoms with Gasteiger partial charge in [0.25, 0.3) is 0 Å². The van der Waals surface area contributed by atoms with E-state index in [1.165, 1.54) is 4.68 Å². The van der Waals surface area contributed by atoms with Crippen LogP contribution in [0.2, 0.25) is 0 Å². The Bertz CT molecular complexity index is 484. The van der Waals surface area contributed by atoms with Crippen LogP contribution in [0.5, 0.6) is 0 Å². The molecule has 0 atom stereocenters. The van der Waals surface area contributed by atoms with E-state index in [1.54, 1.807) is 18.5 Å². The lowest BCUT2D eigenvalue weighted by molar-refractivity contribution is -0.736. The monoisotopic (exact) mass is 189 g/mol. The molecule has 0 saturated carbocycles. The van der Waals surface area contributed by atoms with E-state index < -0.39 is 5.03 Å². The van der Waals surface area contributed by atoms with E-state index >= 15 is 0 Å². The van der Waals surface area contributed by atoms with Gasteiger partial charge in [-0.2, -0.15) is 4.68 Å². The highest BCUT2D eigenvalue weighted by Crippen LogP contribution is 2.09. The minimum absolute atomic E-state index is 0.727. The molecule has 0 amide bonds. The molecule has 0 radical (unpaired) electrons. The van der Waals surface area contributed by atoms with Gasteiger partial charge in [-0.1, -0.05) is 23.7 Å². The van der Waals surface area contributed by atoms with Crippen molar-refractivity contribution in [3.05, 3.63) is 58.4 Å². The van der Waals surface area contributed by atoms with Crippen LogP contribution in [0.15, 0.2) is 42.7 Å². The number of nitro groups is 1. The fourth-order valence-electron chi connectivity index (χ4n) is 1.26. The number of rotatable bonds is 2. The molecular weight excluding hydrogens is 182 g/mol. The standard InChI is InChI=1S/C9H7N3O2/c13-12(14)10-11-6-5-8-3-1-2-4-9(8)7-11/h1-7H. The molecule has 0 N–H and O–H groups in total. The van der Waals surface area contributed by atoms with Crippen molar-refractivity contribution in [2.45, 2.75) is 0 Å². The molecule has 0 bridgehead atoms. The minimum atomic E-state index is -0.727. The molecule has 0 unspecified atom stereocenters. The second-order valence-electron chi connectivity index (χ2n) is 2.78. The smallest absolute Gasteiger partial charge is 0.176 e. The van der Waals surface area contributed by atoms with Crippen LogP contribution in [0.4, 0.5) is 0 Å². The molecule has 5 heteroatoms. The van der Waals surface area contributed by atoms with E-state index in [0.29, 0.717) is 0 Å². The minimum Gasteiger partial charge on any atom is -0.264 e. The lowest BCUT2D eigenvalue weighted by Crippen LogP contribution is -2.30. The van der Waals surface area contributed by atoms with Crippen molar-refractivity contribution >= 4 is 10.8 Å². The van der Waals surface area contributed by atoms with Crippen LogP contribution < -0.4 is 4.68 Å². The summed E-state index contributed by atoms with van der Waals surface area (Å²) < 4.78 is 1.18. The molecule has 5 nitrogen and oxygen atoms in total. The highest BCUT2D eigenvalue weighted by molar-refractivity contribution is 5.80. The molecule has 1 aromatic carbocycles. The van der Waals surface area contributed by atoms with Crippen LogP contribution in [-0.4, -0.2) is 5.03 Å². The van der Waals surface area contributed by atoms with Crippen LogP contribution in [0.3, 0.4) is 0 Å². The molecule has 1 aromatic heterocycles. The first-order valence-electron chi connectivity index (χ1n) is 4.02. The average Bonchev–Trinajstić information content (AvgIpc) is 2.17. The summed E-state index contributed by atoms with van der Waals surface area (Å²) in [7, 11) is 0. The van der Waals surface area contributed by atoms with E-state index in [1.807, 2.05) is 24.3 Å². The average molecular weight is 189 g/mol. The quantitative estimate of drug-likeness (QED) is 0.408. The number of aromatic nitrogens is 1. The lowest BCUT2D eigenvalue weighted by atomic mass is 10.2. The van der Waals surface area contributed by atoms with Gasteiger partial charge >= 0.3 is 0 Å². The third-order valence-electron chi connectivity index (χ3n) is 1.85. The highest BCUT2D eigenvalue weighted by atomic mass is 16.7. The van der Waals surface area contributed by atoms with Gasteiger partial charge in [0.1, 0.15) is 0 Å². The van der Waals surface area contributed by atoms with Gasteiger partial charge in [0.05, 0.1) is 0 Å². The summed E-state index contributed by atoms with van der Waals surface area (Å²) >= 11 is 0. The summed E-state index contributed by atoms with van der Waals surface area (Å²) in [6.07, 6.45) is 3.16. The Kier molecular flexibility index (Phi) is 1.98. The molecule has 0 aliphatic heterocycles. The molecule has 0 fully saturated rings. The summed E-state index contributed by atoms with van der Waals surface area (Å²) in [5.74, 6) is 0. The van der Waals surface area contributed by atoms with Crippen LogP contribution in [0.25, 0.3) is 16.3 Å². The lowest BCUT2D eigenvalue weighted by Gasteiger charge is -2.02. The van der Waals surface area contributed by atoms with Crippen molar-refractivity contribution in [3.63, 3.8) is 0 Å². The second kappa shape index (κ2) is 3.29. The summed E-state index contributed by atoms with van der Waals surface area (Å²) in [6.45, 7) is 0. The van der Waals surface area contributed by atoms with E-state index in [-0.39, 0.29) is 0 Å². The largest absolute Gasteiger partial charge is 0.264 e. The first-order valence-corrected chi connectivity index (χ1v) is 4.02. The second-order valence-corrected chi connectivity index (χ2v) is 2.78. The normalized spacial score (nSPS) is 10.0. The number of pyridine rings is 1. The molecule has 0 aliphatic rings. The van der Waals surface area contributed by atoms with Crippen molar-refractivity contribution in [2.75, 3.05) is 0 Å². The zero-order chi connectivity index (χ0) is 9.97. The third kappa shape index (κ3) is 1.61. The van der Waals surface area contributed by atoms with Gasteiger partial charge < -0.3 is 0 Å². The molecule has 0 saturated heterocycles. The van der Waals surface area contributed by atoms with Gasteiger partial charge in [-0.3, -0.25) is 10.1 Å². The molecule has 0 spiro atoms. The van der Waals surface area contributed by atoms with Crippen molar-refractivity contribution in [1.29, 1.82) is 0 Å². The van der Waals surface area contributed by atoms with Crippen molar-refractivity contribution in [2.24, 2.45) is 0 Å². The summed E-state index contributed by atoms with van der Waals surface area (Å²) in [4.78, 5) is 10.1.